The quantitative estimate of drug-likeness (QED) is 0.719. The number of anilines is 1. The van der Waals surface area contributed by atoms with E-state index in [0.717, 1.165) is 10.8 Å². The standard InChI is InChI=1S/C15H11BrClN3O/c1-18-14-13(16)15(20-8-19-14)21-12-7-6-11(17)9-4-2-3-5-10(9)12/h2-8H,1H3,(H,18,19,20). The van der Waals surface area contributed by atoms with E-state index in [2.05, 4.69) is 31.2 Å². The second-order valence-corrected chi connectivity index (χ2v) is 5.48. The molecule has 0 bridgehead atoms. The lowest BCUT2D eigenvalue weighted by Gasteiger charge is -2.11. The molecule has 21 heavy (non-hydrogen) atoms. The van der Waals surface area contributed by atoms with Gasteiger partial charge < -0.3 is 10.1 Å². The molecule has 0 aliphatic carbocycles. The Bertz CT molecular complexity index is 810. The van der Waals surface area contributed by atoms with E-state index in [1.807, 2.05) is 36.4 Å². The molecule has 0 aliphatic heterocycles. The van der Waals surface area contributed by atoms with E-state index < -0.39 is 0 Å². The first-order valence-corrected chi connectivity index (χ1v) is 7.41. The number of benzene rings is 2. The van der Waals surface area contributed by atoms with Crippen LogP contribution in [0.15, 0.2) is 47.2 Å². The van der Waals surface area contributed by atoms with Gasteiger partial charge >= 0.3 is 0 Å². The topological polar surface area (TPSA) is 47.0 Å². The molecule has 3 rings (SSSR count). The minimum atomic E-state index is 0.446. The van der Waals surface area contributed by atoms with Gasteiger partial charge in [0.15, 0.2) is 0 Å². The van der Waals surface area contributed by atoms with Crippen LogP contribution < -0.4 is 10.1 Å². The molecule has 1 aromatic heterocycles. The van der Waals surface area contributed by atoms with Gasteiger partial charge in [0.05, 0.1) is 0 Å². The number of ether oxygens (including phenoxy) is 1. The van der Waals surface area contributed by atoms with Crippen LogP contribution in [0.5, 0.6) is 11.6 Å². The summed E-state index contributed by atoms with van der Waals surface area (Å²) in [7, 11) is 1.79. The molecule has 0 unspecified atom stereocenters. The van der Waals surface area contributed by atoms with Crippen LogP contribution in [0.25, 0.3) is 10.8 Å². The third-order valence-corrected chi connectivity index (χ3v) is 4.08. The van der Waals surface area contributed by atoms with Gasteiger partial charge in [-0.15, -0.1) is 0 Å². The highest BCUT2D eigenvalue weighted by Crippen LogP contribution is 2.36. The molecule has 0 fully saturated rings. The fourth-order valence-corrected chi connectivity index (χ4v) is 2.74. The Balaban J connectivity index is 2.09. The Hall–Kier alpha value is -1.85. The summed E-state index contributed by atoms with van der Waals surface area (Å²) in [6.07, 6.45) is 1.45. The molecule has 3 aromatic rings. The van der Waals surface area contributed by atoms with Crippen molar-refractivity contribution in [3.8, 4) is 11.6 Å². The minimum Gasteiger partial charge on any atom is -0.437 e. The van der Waals surface area contributed by atoms with Crippen LogP contribution in [0.1, 0.15) is 0 Å². The van der Waals surface area contributed by atoms with Crippen molar-refractivity contribution in [1.82, 2.24) is 9.97 Å². The maximum absolute atomic E-state index is 6.21. The van der Waals surface area contributed by atoms with Gasteiger partial charge in [-0.1, -0.05) is 35.9 Å². The molecule has 0 saturated heterocycles. The minimum absolute atomic E-state index is 0.446. The number of aromatic nitrogens is 2. The largest absolute Gasteiger partial charge is 0.437 e. The predicted octanol–water partition coefficient (Wildman–Crippen LogP) is 4.88. The van der Waals surface area contributed by atoms with Gasteiger partial charge in [0.1, 0.15) is 22.4 Å². The zero-order chi connectivity index (χ0) is 14.8. The first kappa shape index (κ1) is 14.1. The lowest BCUT2D eigenvalue weighted by atomic mass is 10.1. The lowest BCUT2D eigenvalue weighted by Crippen LogP contribution is -1.98. The molecule has 0 amide bonds. The summed E-state index contributed by atoms with van der Waals surface area (Å²) in [4.78, 5) is 8.26. The van der Waals surface area contributed by atoms with E-state index in [-0.39, 0.29) is 0 Å². The van der Waals surface area contributed by atoms with Crippen molar-refractivity contribution >= 4 is 44.1 Å². The maximum Gasteiger partial charge on any atom is 0.238 e. The van der Waals surface area contributed by atoms with Crippen molar-refractivity contribution in [2.75, 3.05) is 12.4 Å². The number of nitrogens with zero attached hydrogens (tertiary/aromatic N) is 2. The Morgan fingerprint density at radius 3 is 2.62 bits per heavy atom. The molecular formula is C15H11BrClN3O. The summed E-state index contributed by atoms with van der Waals surface area (Å²) < 4.78 is 6.60. The molecule has 0 atom stereocenters. The average molecular weight is 365 g/mol. The van der Waals surface area contributed by atoms with E-state index >= 15 is 0 Å². The molecule has 0 saturated carbocycles. The van der Waals surface area contributed by atoms with Crippen LogP contribution in [-0.4, -0.2) is 17.0 Å². The predicted molar refractivity (Wildman–Crippen MR) is 88.3 cm³/mol. The Labute approximate surface area is 135 Å². The van der Waals surface area contributed by atoms with Crippen molar-refractivity contribution in [1.29, 1.82) is 0 Å². The van der Waals surface area contributed by atoms with Crippen molar-refractivity contribution in [3.05, 3.63) is 52.2 Å². The number of rotatable bonds is 3. The highest BCUT2D eigenvalue weighted by atomic mass is 79.9. The third kappa shape index (κ3) is 2.66. The van der Waals surface area contributed by atoms with E-state index in [0.29, 0.717) is 26.9 Å². The monoisotopic (exact) mass is 363 g/mol. The fourth-order valence-electron chi connectivity index (χ4n) is 2.03. The summed E-state index contributed by atoms with van der Waals surface area (Å²) in [5, 5.41) is 5.53. The highest BCUT2D eigenvalue weighted by Gasteiger charge is 2.12. The zero-order valence-electron chi connectivity index (χ0n) is 11.1. The van der Waals surface area contributed by atoms with E-state index in [1.54, 1.807) is 7.05 Å². The molecular weight excluding hydrogens is 354 g/mol. The van der Waals surface area contributed by atoms with Gasteiger partial charge in [0.25, 0.3) is 0 Å². The van der Waals surface area contributed by atoms with Gasteiger partial charge in [-0.2, -0.15) is 0 Å². The Kier molecular flexibility index (Phi) is 3.94. The van der Waals surface area contributed by atoms with Gasteiger partial charge in [0.2, 0.25) is 5.88 Å². The molecule has 0 aliphatic rings. The Morgan fingerprint density at radius 1 is 1.10 bits per heavy atom. The smallest absolute Gasteiger partial charge is 0.238 e. The van der Waals surface area contributed by atoms with E-state index in [1.165, 1.54) is 6.33 Å². The number of hydrogen-bond donors (Lipinski definition) is 1. The number of halogens is 2. The number of nitrogens with one attached hydrogen (secondary N) is 1. The number of fused-ring (bicyclic) bond motifs is 1. The van der Waals surface area contributed by atoms with Gasteiger partial charge in [-0.25, -0.2) is 9.97 Å². The van der Waals surface area contributed by atoms with Crippen molar-refractivity contribution in [3.63, 3.8) is 0 Å². The van der Waals surface area contributed by atoms with Gasteiger partial charge in [-0.3, -0.25) is 0 Å². The summed E-state index contributed by atoms with van der Waals surface area (Å²) >= 11 is 9.65. The number of hydrogen-bond acceptors (Lipinski definition) is 4. The molecule has 4 nitrogen and oxygen atoms in total. The molecule has 0 spiro atoms. The molecule has 1 heterocycles. The first-order chi connectivity index (χ1) is 10.2. The van der Waals surface area contributed by atoms with E-state index in [9.17, 15) is 0 Å². The molecule has 6 heteroatoms. The zero-order valence-corrected chi connectivity index (χ0v) is 13.4. The Morgan fingerprint density at radius 2 is 1.86 bits per heavy atom. The van der Waals surface area contributed by atoms with E-state index in [4.69, 9.17) is 16.3 Å². The molecule has 106 valence electrons. The molecule has 0 radical (unpaired) electrons. The lowest BCUT2D eigenvalue weighted by molar-refractivity contribution is 0.463. The SMILES string of the molecule is CNc1ncnc(Oc2ccc(Cl)c3ccccc23)c1Br. The second kappa shape index (κ2) is 5.87. The first-order valence-electron chi connectivity index (χ1n) is 6.24. The van der Waals surface area contributed by atoms with Crippen LogP contribution in [0.3, 0.4) is 0 Å². The van der Waals surface area contributed by atoms with Crippen LogP contribution in [0.4, 0.5) is 5.82 Å². The molecule has 1 N–H and O–H groups in total. The van der Waals surface area contributed by atoms with Crippen molar-refractivity contribution in [2.24, 2.45) is 0 Å². The normalized spacial score (nSPS) is 10.6. The van der Waals surface area contributed by atoms with Crippen LogP contribution in [-0.2, 0) is 0 Å². The second-order valence-electron chi connectivity index (χ2n) is 4.28. The van der Waals surface area contributed by atoms with Gasteiger partial charge in [-0.05, 0) is 28.1 Å². The molecule has 2 aromatic carbocycles. The summed E-state index contributed by atoms with van der Waals surface area (Å²) in [5.74, 6) is 1.80. The summed E-state index contributed by atoms with van der Waals surface area (Å²) in [6, 6.07) is 11.5. The van der Waals surface area contributed by atoms with Crippen LogP contribution in [0, 0.1) is 0 Å². The summed E-state index contributed by atoms with van der Waals surface area (Å²) in [5.41, 5.74) is 0. The summed E-state index contributed by atoms with van der Waals surface area (Å²) in [6.45, 7) is 0. The van der Waals surface area contributed by atoms with Gasteiger partial charge in [0, 0.05) is 22.8 Å². The third-order valence-electron chi connectivity index (χ3n) is 3.03. The van der Waals surface area contributed by atoms with Crippen LogP contribution in [0.2, 0.25) is 5.02 Å². The van der Waals surface area contributed by atoms with Crippen LogP contribution >= 0.6 is 27.5 Å². The van der Waals surface area contributed by atoms with Crippen molar-refractivity contribution in [2.45, 2.75) is 0 Å². The average Bonchev–Trinajstić information content (AvgIpc) is 2.52. The highest BCUT2D eigenvalue weighted by molar-refractivity contribution is 9.10. The fraction of sp³-hybridized carbons (Fsp3) is 0.0667. The van der Waals surface area contributed by atoms with Crippen molar-refractivity contribution < 1.29 is 4.74 Å². The maximum atomic E-state index is 6.21.